The molecule has 26 heavy (non-hydrogen) atoms. The average Bonchev–Trinajstić information content (AvgIpc) is 3.15. The summed E-state index contributed by atoms with van der Waals surface area (Å²) in [4.78, 5) is 44.2. The highest BCUT2D eigenvalue weighted by molar-refractivity contribution is 6.17. The number of amides is 1. The number of piperidine rings is 1. The summed E-state index contributed by atoms with van der Waals surface area (Å²) in [6.45, 7) is 7.37. The van der Waals surface area contributed by atoms with Gasteiger partial charge in [0.1, 0.15) is 6.61 Å². The number of ketones is 1. The third-order valence-electron chi connectivity index (χ3n) is 5.59. The lowest BCUT2D eigenvalue weighted by molar-refractivity contribution is -0.239. The molecule has 1 saturated carbocycles. The van der Waals surface area contributed by atoms with Crippen LogP contribution in [0.5, 0.6) is 0 Å². The van der Waals surface area contributed by atoms with E-state index in [0.717, 1.165) is 10.6 Å². The Morgan fingerprint density at radius 2 is 1.81 bits per heavy atom. The van der Waals surface area contributed by atoms with Crippen LogP contribution in [0.25, 0.3) is 0 Å². The van der Waals surface area contributed by atoms with Crippen LogP contribution < -0.4 is 0 Å². The highest BCUT2D eigenvalue weighted by Crippen LogP contribution is 2.64. The quantitative estimate of drug-likeness (QED) is 0.790. The van der Waals surface area contributed by atoms with E-state index in [2.05, 4.69) is 0 Å². The molecule has 0 radical (unpaired) electrons. The summed E-state index contributed by atoms with van der Waals surface area (Å²) in [6.07, 6.45) is 0.0288. The molecule has 2 fully saturated rings. The standard InChI is InChI=1S/C20H25NO5/c1-12(2)10-20(18(24)25)16(22)14-15(19(14,3)4)17(23)21(20)26-11-13-8-6-5-7-9-13/h5-9,12,14-15H,10-11H2,1-4H3,(H,24,25)/t14?,15?,20-/m1/s1. The van der Waals surface area contributed by atoms with Crippen molar-refractivity contribution in [2.75, 3.05) is 0 Å². The van der Waals surface area contributed by atoms with Crippen molar-refractivity contribution in [3.63, 3.8) is 0 Å². The van der Waals surface area contributed by atoms with E-state index < -0.39 is 40.4 Å². The molecule has 1 saturated heterocycles. The molecular weight excluding hydrogens is 334 g/mol. The van der Waals surface area contributed by atoms with Crippen LogP contribution in [0.3, 0.4) is 0 Å². The Hall–Kier alpha value is -2.21. The van der Waals surface area contributed by atoms with E-state index in [-0.39, 0.29) is 18.9 Å². The molecule has 140 valence electrons. The summed E-state index contributed by atoms with van der Waals surface area (Å²) < 4.78 is 0. The third kappa shape index (κ3) is 2.63. The predicted octanol–water partition coefficient (Wildman–Crippen LogP) is 2.67. The first kappa shape index (κ1) is 18.6. The minimum atomic E-state index is -1.96. The molecule has 3 atom stereocenters. The van der Waals surface area contributed by atoms with Crippen LogP contribution in [0.1, 0.15) is 39.7 Å². The zero-order chi connectivity index (χ0) is 19.3. The molecule has 0 bridgehead atoms. The summed E-state index contributed by atoms with van der Waals surface area (Å²) in [5.74, 6) is -3.30. The molecule has 1 aliphatic heterocycles. The maximum absolute atomic E-state index is 13.2. The van der Waals surface area contributed by atoms with Crippen LogP contribution in [0, 0.1) is 23.2 Å². The molecule has 6 nitrogen and oxygen atoms in total. The maximum Gasteiger partial charge on any atom is 0.340 e. The van der Waals surface area contributed by atoms with E-state index in [0.29, 0.717) is 0 Å². The maximum atomic E-state index is 13.2. The molecule has 1 heterocycles. The van der Waals surface area contributed by atoms with Crippen molar-refractivity contribution in [3.05, 3.63) is 35.9 Å². The highest BCUT2D eigenvalue weighted by atomic mass is 16.7. The fourth-order valence-electron chi connectivity index (χ4n) is 4.20. The topological polar surface area (TPSA) is 83.9 Å². The van der Waals surface area contributed by atoms with Crippen molar-refractivity contribution in [1.29, 1.82) is 0 Å². The lowest BCUT2D eigenvalue weighted by Crippen LogP contribution is -2.66. The second-order valence-corrected chi connectivity index (χ2v) is 8.30. The number of hydrogen-bond acceptors (Lipinski definition) is 4. The van der Waals surface area contributed by atoms with E-state index in [1.54, 1.807) is 0 Å². The number of carbonyl (C=O) groups excluding carboxylic acids is 2. The van der Waals surface area contributed by atoms with Gasteiger partial charge in [-0.25, -0.2) is 4.79 Å². The summed E-state index contributed by atoms with van der Waals surface area (Å²) in [5, 5.41) is 10.9. The van der Waals surface area contributed by atoms with Crippen molar-refractivity contribution in [2.45, 2.75) is 46.3 Å². The minimum absolute atomic E-state index is 0.0288. The number of carbonyl (C=O) groups is 3. The zero-order valence-electron chi connectivity index (χ0n) is 15.6. The molecule has 1 aliphatic carbocycles. The van der Waals surface area contributed by atoms with Gasteiger partial charge in [-0.1, -0.05) is 58.0 Å². The van der Waals surface area contributed by atoms with Gasteiger partial charge in [-0.15, -0.1) is 0 Å². The third-order valence-corrected chi connectivity index (χ3v) is 5.59. The van der Waals surface area contributed by atoms with E-state index in [4.69, 9.17) is 4.84 Å². The van der Waals surface area contributed by atoms with E-state index in [1.165, 1.54) is 0 Å². The van der Waals surface area contributed by atoms with Gasteiger partial charge in [0.25, 0.3) is 5.91 Å². The largest absolute Gasteiger partial charge is 0.479 e. The number of rotatable bonds is 6. The van der Waals surface area contributed by atoms with Gasteiger partial charge in [0.2, 0.25) is 5.54 Å². The number of hydroxylamine groups is 2. The smallest absolute Gasteiger partial charge is 0.340 e. The second kappa shape index (κ2) is 6.20. The van der Waals surface area contributed by atoms with Gasteiger partial charge < -0.3 is 5.11 Å². The molecular formula is C20H25NO5. The molecule has 1 amide bonds. The summed E-state index contributed by atoms with van der Waals surface area (Å²) in [7, 11) is 0. The van der Waals surface area contributed by atoms with Gasteiger partial charge in [0, 0.05) is 5.92 Å². The fraction of sp³-hybridized carbons (Fsp3) is 0.550. The van der Waals surface area contributed by atoms with Crippen LogP contribution in [-0.2, 0) is 25.8 Å². The summed E-state index contributed by atoms with van der Waals surface area (Å²) in [5.41, 5.74) is -1.69. The SMILES string of the molecule is CC(C)C[C@]1(C(=O)O)C(=O)C2C(C(=O)N1OCc1ccccc1)C2(C)C. The van der Waals surface area contributed by atoms with Gasteiger partial charge >= 0.3 is 5.97 Å². The van der Waals surface area contributed by atoms with E-state index in [9.17, 15) is 19.5 Å². The molecule has 1 aromatic carbocycles. The van der Waals surface area contributed by atoms with E-state index in [1.807, 2.05) is 58.0 Å². The van der Waals surface area contributed by atoms with Gasteiger partial charge in [-0.2, -0.15) is 5.06 Å². The highest BCUT2D eigenvalue weighted by Gasteiger charge is 2.77. The number of fused-ring (bicyclic) bond motifs is 1. The zero-order valence-corrected chi connectivity index (χ0v) is 15.6. The van der Waals surface area contributed by atoms with Gasteiger partial charge in [0.15, 0.2) is 5.78 Å². The summed E-state index contributed by atoms with van der Waals surface area (Å²) in [6, 6.07) is 9.17. The fourth-order valence-corrected chi connectivity index (χ4v) is 4.20. The summed E-state index contributed by atoms with van der Waals surface area (Å²) >= 11 is 0. The Balaban J connectivity index is 1.99. The normalized spacial score (nSPS) is 29.7. The molecule has 1 N–H and O–H groups in total. The van der Waals surface area contributed by atoms with Crippen LogP contribution in [0.4, 0.5) is 0 Å². The molecule has 1 aromatic rings. The minimum Gasteiger partial charge on any atom is -0.479 e. The monoisotopic (exact) mass is 359 g/mol. The molecule has 6 heteroatoms. The number of nitrogens with zero attached hydrogens (tertiary/aromatic N) is 1. The van der Waals surface area contributed by atoms with Gasteiger partial charge in [-0.3, -0.25) is 14.4 Å². The van der Waals surface area contributed by atoms with E-state index >= 15 is 0 Å². The Kier molecular flexibility index (Phi) is 4.43. The number of carboxylic acid groups (broad SMARTS) is 1. The van der Waals surface area contributed by atoms with Crippen molar-refractivity contribution in [3.8, 4) is 0 Å². The molecule has 3 rings (SSSR count). The van der Waals surface area contributed by atoms with Crippen LogP contribution in [0.2, 0.25) is 0 Å². The number of benzene rings is 1. The first-order valence-corrected chi connectivity index (χ1v) is 8.92. The van der Waals surface area contributed by atoms with Crippen molar-refractivity contribution in [1.82, 2.24) is 5.06 Å². The predicted molar refractivity (Wildman–Crippen MR) is 93.7 cm³/mol. The molecule has 0 spiro atoms. The van der Waals surface area contributed by atoms with Crippen LogP contribution in [0.15, 0.2) is 30.3 Å². The van der Waals surface area contributed by atoms with Gasteiger partial charge in [-0.05, 0) is 23.3 Å². The number of aliphatic carboxylic acids is 1. The Bertz CT molecular complexity index is 742. The average molecular weight is 359 g/mol. The van der Waals surface area contributed by atoms with Crippen molar-refractivity contribution < 1.29 is 24.3 Å². The van der Waals surface area contributed by atoms with Gasteiger partial charge in [0.05, 0.1) is 5.92 Å². The first-order chi connectivity index (χ1) is 12.1. The molecule has 0 aromatic heterocycles. The van der Waals surface area contributed by atoms with Crippen LogP contribution in [-0.4, -0.2) is 33.4 Å². The van der Waals surface area contributed by atoms with Crippen molar-refractivity contribution in [2.24, 2.45) is 23.2 Å². The molecule has 2 unspecified atom stereocenters. The van der Waals surface area contributed by atoms with Crippen LogP contribution >= 0.6 is 0 Å². The lowest BCUT2D eigenvalue weighted by atomic mass is 9.79. The number of Topliss-reactive ketones (excluding diaryl/α,β-unsaturated/α-hetero) is 1. The van der Waals surface area contributed by atoms with Crippen molar-refractivity contribution >= 4 is 17.7 Å². The Labute approximate surface area is 153 Å². The molecule has 2 aliphatic rings. The second-order valence-electron chi connectivity index (χ2n) is 8.30. The Morgan fingerprint density at radius 1 is 1.19 bits per heavy atom. The lowest BCUT2D eigenvalue weighted by Gasteiger charge is -2.41. The number of hydrogen-bond donors (Lipinski definition) is 1. The Morgan fingerprint density at radius 3 is 2.35 bits per heavy atom. The first-order valence-electron chi connectivity index (χ1n) is 8.92. The number of carboxylic acids is 1.